The molecule has 0 aliphatic carbocycles. The lowest BCUT2D eigenvalue weighted by Gasteiger charge is -1.92. The fourth-order valence-corrected chi connectivity index (χ4v) is 3.09. The molecule has 0 radical (unpaired) electrons. The van der Waals surface area contributed by atoms with Crippen molar-refractivity contribution in [1.82, 2.24) is 0 Å². The molecular formula is C14H9BrO2S. The molecule has 1 aromatic carbocycles. The minimum Gasteiger partial charge on any atom is -0.451 e. The predicted octanol–water partition coefficient (Wildman–Crippen LogP) is 4.80. The maximum Gasteiger partial charge on any atom is 0.238 e. The Morgan fingerprint density at radius 3 is 2.78 bits per heavy atom. The number of thiophene rings is 1. The number of ketones is 1. The molecule has 2 nitrogen and oxygen atoms in total. The van der Waals surface area contributed by atoms with E-state index in [0.29, 0.717) is 16.2 Å². The summed E-state index contributed by atoms with van der Waals surface area (Å²) in [6, 6.07) is 11.3. The lowest BCUT2D eigenvalue weighted by atomic mass is 10.2. The number of hydrogen-bond acceptors (Lipinski definition) is 3. The van der Waals surface area contributed by atoms with Gasteiger partial charge in [-0.15, -0.1) is 11.3 Å². The van der Waals surface area contributed by atoms with Gasteiger partial charge < -0.3 is 4.42 Å². The molecule has 4 heteroatoms. The Bertz CT molecular complexity index is 739. The highest BCUT2D eigenvalue weighted by Crippen LogP contribution is 2.29. The molecule has 18 heavy (non-hydrogen) atoms. The number of aryl methyl sites for hydroxylation is 1. The van der Waals surface area contributed by atoms with Crippen LogP contribution in [-0.4, -0.2) is 5.78 Å². The summed E-state index contributed by atoms with van der Waals surface area (Å²) in [4.78, 5) is 14.1. The third-order valence-corrected chi connectivity index (χ3v) is 4.31. The summed E-state index contributed by atoms with van der Waals surface area (Å²) in [5.74, 6) is 0.329. The first-order chi connectivity index (χ1) is 8.65. The summed E-state index contributed by atoms with van der Waals surface area (Å²) in [5.41, 5.74) is 0.717. The van der Waals surface area contributed by atoms with E-state index in [1.807, 2.05) is 37.3 Å². The van der Waals surface area contributed by atoms with Gasteiger partial charge in [0.2, 0.25) is 5.78 Å². The molecule has 0 amide bonds. The Morgan fingerprint density at radius 1 is 1.28 bits per heavy atom. The second-order valence-corrected chi connectivity index (χ2v) is 6.15. The standard InChI is InChI=1S/C14H9BrO2S/c1-8-5-6-12(18-8)13(16)11-7-9-3-2-4-10(15)14(9)17-11/h2-7H,1H3. The first kappa shape index (κ1) is 11.7. The fraction of sp³-hybridized carbons (Fsp3) is 0.0714. The molecule has 2 heterocycles. The maximum atomic E-state index is 12.2. The Balaban J connectivity index is 2.10. The zero-order valence-corrected chi connectivity index (χ0v) is 12.0. The Kier molecular flexibility index (Phi) is 2.84. The van der Waals surface area contributed by atoms with Crippen LogP contribution < -0.4 is 0 Å². The van der Waals surface area contributed by atoms with E-state index in [0.717, 1.165) is 14.7 Å². The highest BCUT2D eigenvalue weighted by Gasteiger charge is 2.16. The molecule has 0 saturated heterocycles. The first-order valence-corrected chi connectivity index (χ1v) is 7.05. The minimum absolute atomic E-state index is 0.0591. The molecule has 0 bridgehead atoms. The predicted molar refractivity (Wildman–Crippen MR) is 76.4 cm³/mol. The molecule has 90 valence electrons. The van der Waals surface area contributed by atoms with Crippen LogP contribution in [0.25, 0.3) is 11.0 Å². The van der Waals surface area contributed by atoms with Gasteiger partial charge in [0.1, 0.15) is 5.58 Å². The minimum atomic E-state index is -0.0591. The van der Waals surface area contributed by atoms with Crippen molar-refractivity contribution < 1.29 is 9.21 Å². The molecule has 0 N–H and O–H groups in total. The number of halogens is 1. The molecule has 0 aliphatic rings. The molecule has 2 aromatic heterocycles. The summed E-state index contributed by atoms with van der Waals surface area (Å²) < 4.78 is 6.50. The van der Waals surface area contributed by atoms with Crippen LogP contribution in [0, 0.1) is 6.92 Å². The van der Waals surface area contributed by atoms with Gasteiger partial charge in [0.15, 0.2) is 5.76 Å². The van der Waals surface area contributed by atoms with Crippen molar-refractivity contribution in [2.45, 2.75) is 6.92 Å². The average molecular weight is 321 g/mol. The van der Waals surface area contributed by atoms with Gasteiger partial charge in [0.05, 0.1) is 9.35 Å². The second-order valence-electron chi connectivity index (χ2n) is 4.01. The lowest BCUT2D eigenvalue weighted by molar-refractivity contribution is 0.101. The molecule has 0 atom stereocenters. The summed E-state index contributed by atoms with van der Waals surface area (Å²) >= 11 is 4.90. The van der Waals surface area contributed by atoms with Gasteiger partial charge in [0.25, 0.3) is 0 Å². The van der Waals surface area contributed by atoms with Gasteiger partial charge >= 0.3 is 0 Å². The van der Waals surface area contributed by atoms with Gasteiger partial charge in [0, 0.05) is 10.3 Å². The molecular weight excluding hydrogens is 312 g/mol. The zero-order valence-electron chi connectivity index (χ0n) is 9.57. The van der Waals surface area contributed by atoms with Crippen LogP contribution in [0.3, 0.4) is 0 Å². The van der Waals surface area contributed by atoms with Crippen LogP contribution >= 0.6 is 27.3 Å². The van der Waals surface area contributed by atoms with Crippen molar-refractivity contribution in [3.8, 4) is 0 Å². The number of para-hydroxylation sites is 1. The van der Waals surface area contributed by atoms with Crippen LogP contribution in [0.1, 0.15) is 20.3 Å². The Labute approximate surface area is 116 Å². The summed E-state index contributed by atoms with van der Waals surface area (Å²) in [5, 5.41) is 0.931. The van der Waals surface area contributed by atoms with E-state index in [1.165, 1.54) is 11.3 Å². The zero-order chi connectivity index (χ0) is 12.7. The number of carbonyl (C=O) groups excluding carboxylic acids is 1. The number of furan rings is 1. The quantitative estimate of drug-likeness (QED) is 0.635. The number of benzene rings is 1. The van der Waals surface area contributed by atoms with Crippen molar-refractivity contribution in [2.24, 2.45) is 0 Å². The lowest BCUT2D eigenvalue weighted by Crippen LogP contribution is -1.95. The van der Waals surface area contributed by atoms with Gasteiger partial charge in [-0.1, -0.05) is 12.1 Å². The molecule has 3 rings (SSSR count). The third kappa shape index (κ3) is 1.91. The van der Waals surface area contributed by atoms with E-state index in [1.54, 1.807) is 6.07 Å². The average Bonchev–Trinajstić information content (AvgIpc) is 2.95. The summed E-state index contributed by atoms with van der Waals surface area (Å²) in [6.07, 6.45) is 0. The molecule has 3 aromatic rings. The number of hydrogen-bond donors (Lipinski definition) is 0. The van der Waals surface area contributed by atoms with E-state index >= 15 is 0 Å². The fourth-order valence-electron chi connectivity index (χ4n) is 1.82. The topological polar surface area (TPSA) is 30.2 Å². The van der Waals surface area contributed by atoms with Gasteiger partial charge in [-0.2, -0.15) is 0 Å². The summed E-state index contributed by atoms with van der Waals surface area (Å²) in [6.45, 7) is 1.98. The molecule has 0 spiro atoms. The van der Waals surface area contributed by atoms with E-state index in [9.17, 15) is 4.79 Å². The van der Waals surface area contributed by atoms with Crippen molar-refractivity contribution in [3.63, 3.8) is 0 Å². The highest BCUT2D eigenvalue weighted by molar-refractivity contribution is 9.10. The van der Waals surface area contributed by atoms with E-state index < -0.39 is 0 Å². The van der Waals surface area contributed by atoms with Crippen molar-refractivity contribution in [3.05, 3.63) is 56.4 Å². The van der Waals surface area contributed by atoms with Gasteiger partial charge in [-0.25, -0.2) is 0 Å². The van der Waals surface area contributed by atoms with Crippen molar-refractivity contribution in [1.29, 1.82) is 0 Å². The van der Waals surface area contributed by atoms with Gasteiger partial charge in [-0.3, -0.25) is 4.79 Å². The first-order valence-electron chi connectivity index (χ1n) is 5.44. The van der Waals surface area contributed by atoms with E-state index in [2.05, 4.69) is 15.9 Å². The Morgan fingerprint density at radius 2 is 2.11 bits per heavy atom. The highest BCUT2D eigenvalue weighted by atomic mass is 79.9. The summed E-state index contributed by atoms with van der Waals surface area (Å²) in [7, 11) is 0. The van der Waals surface area contributed by atoms with E-state index in [4.69, 9.17) is 4.42 Å². The molecule has 0 saturated carbocycles. The SMILES string of the molecule is Cc1ccc(C(=O)c2cc3cccc(Br)c3o2)s1. The molecule has 0 unspecified atom stereocenters. The van der Waals surface area contributed by atoms with Crippen molar-refractivity contribution in [2.75, 3.05) is 0 Å². The third-order valence-electron chi connectivity index (χ3n) is 2.68. The van der Waals surface area contributed by atoms with Crippen LogP contribution in [-0.2, 0) is 0 Å². The maximum absolute atomic E-state index is 12.2. The van der Waals surface area contributed by atoms with Crippen LogP contribution in [0.15, 0.2) is 45.3 Å². The number of carbonyl (C=O) groups is 1. The van der Waals surface area contributed by atoms with Crippen LogP contribution in [0.5, 0.6) is 0 Å². The second kappa shape index (κ2) is 4.37. The number of rotatable bonds is 2. The van der Waals surface area contributed by atoms with Crippen LogP contribution in [0.4, 0.5) is 0 Å². The normalized spacial score (nSPS) is 11.0. The largest absolute Gasteiger partial charge is 0.451 e. The smallest absolute Gasteiger partial charge is 0.238 e. The monoisotopic (exact) mass is 320 g/mol. The Hall–Kier alpha value is -1.39. The molecule has 0 aliphatic heterocycles. The molecule has 0 fully saturated rings. The van der Waals surface area contributed by atoms with E-state index in [-0.39, 0.29) is 5.78 Å². The van der Waals surface area contributed by atoms with Crippen LogP contribution in [0.2, 0.25) is 0 Å². The van der Waals surface area contributed by atoms with Gasteiger partial charge in [-0.05, 0) is 47.1 Å². The number of fused-ring (bicyclic) bond motifs is 1. The van der Waals surface area contributed by atoms with Crippen molar-refractivity contribution >= 4 is 44.0 Å².